The number of methoxy groups -OCH3 is 1. The van der Waals surface area contributed by atoms with E-state index in [1.54, 1.807) is 7.11 Å². The van der Waals surface area contributed by atoms with Crippen LogP contribution in [0.2, 0.25) is 0 Å². The minimum absolute atomic E-state index is 0.0306. The van der Waals surface area contributed by atoms with E-state index in [0.29, 0.717) is 13.2 Å². The fourth-order valence-corrected chi connectivity index (χ4v) is 1.95. The highest BCUT2D eigenvalue weighted by Crippen LogP contribution is 2.36. The van der Waals surface area contributed by atoms with Crippen molar-refractivity contribution in [2.45, 2.75) is 13.1 Å². The lowest BCUT2D eigenvalue weighted by molar-refractivity contribution is -0.136. The first-order valence-electron chi connectivity index (χ1n) is 6.46. The lowest BCUT2D eigenvalue weighted by atomic mass is 10.1. The third-order valence-electron chi connectivity index (χ3n) is 2.93. The molecule has 0 heterocycles. The van der Waals surface area contributed by atoms with E-state index >= 15 is 0 Å². The Kier molecular flexibility index (Phi) is 6.02. The Morgan fingerprint density at radius 3 is 2.57 bits per heavy atom. The van der Waals surface area contributed by atoms with Crippen molar-refractivity contribution >= 4 is 11.6 Å². The van der Waals surface area contributed by atoms with Gasteiger partial charge in [-0.1, -0.05) is 13.0 Å². The highest BCUT2D eigenvalue weighted by Gasteiger charge is 2.34. The second kappa shape index (κ2) is 7.31. The first kappa shape index (κ1) is 17.3. The van der Waals surface area contributed by atoms with Gasteiger partial charge < -0.3 is 15.4 Å². The van der Waals surface area contributed by atoms with Gasteiger partial charge in [0.2, 0.25) is 0 Å². The van der Waals surface area contributed by atoms with Gasteiger partial charge in [-0.15, -0.1) is 0 Å². The Morgan fingerprint density at radius 1 is 1.38 bits per heavy atom. The summed E-state index contributed by atoms with van der Waals surface area (Å²) < 4.78 is 43.7. The Bertz CT molecular complexity index is 490. The van der Waals surface area contributed by atoms with Gasteiger partial charge in [-0.05, 0) is 18.1 Å². The van der Waals surface area contributed by atoms with E-state index in [4.69, 9.17) is 4.74 Å². The predicted octanol–water partition coefficient (Wildman–Crippen LogP) is 2.76. The summed E-state index contributed by atoms with van der Waals surface area (Å²) in [4.78, 5) is 12.1. The molecule has 0 aliphatic rings. The first-order chi connectivity index (χ1) is 9.81. The summed E-state index contributed by atoms with van der Waals surface area (Å²) in [6.45, 7) is 2.66. The van der Waals surface area contributed by atoms with Crippen molar-refractivity contribution in [3.8, 4) is 0 Å². The maximum atomic E-state index is 12.9. The largest absolute Gasteiger partial charge is 0.418 e. The van der Waals surface area contributed by atoms with Crippen LogP contribution >= 0.6 is 0 Å². The SMILES string of the molecule is CNc1c(C(=O)NCC(C)COC)cccc1C(F)(F)F. The number of amides is 1. The van der Waals surface area contributed by atoms with Crippen molar-refractivity contribution in [2.75, 3.05) is 32.6 Å². The summed E-state index contributed by atoms with van der Waals surface area (Å²) in [5, 5.41) is 5.07. The van der Waals surface area contributed by atoms with Crippen molar-refractivity contribution in [1.29, 1.82) is 0 Å². The van der Waals surface area contributed by atoms with Gasteiger partial charge in [0.1, 0.15) is 0 Å². The summed E-state index contributed by atoms with van der Waals surface area (Å²) in [7, 11) is 2.90. The maximum Gasteiger partial charge on any atom is 0.418 e. The molecule has 4 nitrogen and oxygen atoms in total. The first-order valence-corrected chi connectivity index (χ1v) is 6.46. The van der Waals surface area contributed by atoms with Crippen LogP contribution in [0.5, 0.6) is 0 Å². The van der Waals surface area contributed by atoms with E-state index in [1.165, 1.54) is 19.2 Å². The van der Waals surface area contributed by atoms with Gasteiger partial charge >= 0.3 is 6.18 Å². The van der Waals surface area contributed by atoms with E-state index in [-0.39, 0.29) is 17.2 Å². The molecular formula is C14H19F3N2O2. The number of benzene rings is 1. The lowest BCUT2D eigenvalue weighted by Gasteiger charge is -2.17. The summed E-state index contributed by atoms with van der Waals surface area (Å²) in [6, 6.07) is 3.52. The zero-order valence-corrected chi connectivity index (χ0v) is 12.2. The van der Waals surface area contributed by atoms with Crippen LogP contribution in [-0.4, -0.2) is 33.2 Å². The van der Waals surface area contributed by atoms with Crippen LogP contribution in [0.25, 0.3) is 0 Å². The van der Waals surface area contributed by atoms with Gasteiger partial charge in [-0.2, -0.15) is 13.2 Å². The highest BCUT2D eigenvalue weighted by molar-refractivity contribution is 6.00. The molecule has 0 radical (unpaired) electrons. The Balaban J connectivity index is 2.95. The number of hydrogen-bond donors (Lipinski definition) is 2. The van der Waals surface area contributed by atoms with Crippen molar-refractivity contribution in [1.82, 2.24) is 5.32 Å². The molecule has 118 valence electrons. The Labute approximate surface area is 121 Å². The topological polar surface area (TPSA) is 50.4 Å². The summed E-state index contributed by atoms with van der Waals surface area (Å²) in [6.07, 6.45) is -4.52. The molecule has 1 aromatic rings. The minimum atomic E-state index is -4.52. The average Bonchev–Trinajstić information content (AvgIpc) is 2.43. The van der Waals surface area contributed by atoms with Crippen molar-refractivity contribution in [2.24, 2.45) is 5.92 Å². The minimum Gasteiger partial charge on any atom is -0.387 e. The van der Waals surface area contributed by atoms with Gasteiger partial charge in [-0.25, -0.2) is 0 Å². The molecule has 2 N–H and O–H groups in total. The van der Waals surface area contributed by atoms with Gasteiger partial charge in [-0.3, -0.25) is 4.79 Å². The second-order valence-electron chi connectivity index (χ2n) is 4.75. The normalized spacial score (nSPS) is 12.9. The van der Waals surface area contributed by atoms with Crippen LogP contribution in [0.3, 0.4) is 0 Å². The van der Waals surface area contributed by atoms with Crippen LogP contribution < -0.4 is 10.6 Å². The molecule has 0 bridgehead atoms. The molecule has 0 fully saturated rings. The number of anilines is 1. The third-order valence-corrected chi connectivity index (χ3v) is 2.93. The van der Waals surface area contributed by atoms with Crippen LogP contribution in [-0.2, 0) is 10.9 Å². The molecule has 1 amide bonds. The number of ether oxygens (including phenoxy) is 1. The van der Waals surface area contributed by atoms with Crippen molar-refractivity contribution < 1.29 is 22.7 Å². The molecular weight excluding hydrogens is 285 g/mol. The second-order valence-corrected chi connectivity index (χ2v) is 4.75. The van der Waals surface area contributed by atoms with Crippen molar-refractivity contribution in [3.05, 3.63) is 29.3 Å². The van der Waals surface area contributed by atoms with E-state index in [2.05, 4.69) is 10.6 Å². The monoisotopic (exact) mass is 304 g/mol. The Hall–Kier alpha value is -1.76. The molecule has 1 atom stereocenters. The lowest BCUT2D eigenvalue weighted by Crippen LogP contribution is -2.30. The van der Waals surface area contributed by atoms with Crippen LogP contribution in [0, 0.1) is 5.92 Å². The zero-order valence-electron chi connectivity index (χ0n) is 12.2. The van der Waals surface area contributed by atoms with E-state index in [9.17, 15) is 18.0 Å². The molecule has 1 unspecified atom stereocenters. The van der Waals surface area contributed by atoms with Crippen LogP contribution in [0.15, 0.2) is 18.2 Å². The standard InChI is InChI=1S/C14H19F3N2O2/c1-9(8-21-3)7-19-13(20)10-5-4-6-11(12(10)18-2)14(15,16)17/h4-6,9,18H,7-8H2,1-3H3,(H,19,20). The Morgan fingerprint density at radius 2 is 2.05 bits per heavy atom. The van der Waals surface area contributed by atoms with E-state index in [0.717, 1.165) is 6.07 Å². The number of para-hydroxylation sites is 1. The number of alkyl halides is 3. The fourth-order valence-electron chi connectivity index (χ4n) is 1.95. The van der Waals surface area contributed by atoms with Crippen LogP contribution in [0.1, 0.15) is 22.8 Å². The predicted molar refractivity (Wildman–Crippen MR) is 74.4 cm³/mol. The molecule has 7 heteroatoms. The van der Waals surface area contributed by atoms with Gasteiger partial charge in [0, 0.05) is 20.7 Å². The van der Waals surface area contributed by atoms with Crippen LogP contribution in [0.4, 0.5) is 18.9 Å². The molecule has 21 heavy (non-hydrogen) atoms. The number of hydrogen-bond acceptors (Lipinski definition) is 3. The maximum absolute atomic E-state index is 12.9. The molecule has 0 aliphatic carbocycles. The van der Waals surface area contributed by atoms with Gasteiger partial charge in [0.15, 0.2) is 0 Å². The molecule has 0 spiro atoms. The number of nitrogens with one attached hydrogen (secondary N) is 2. The molecule has 0 aliphatic heterocycles. The van der Waals surface area contributed by atoms with Gasteiger partial charge in [0.05, 0.1) is 23.4 Å². The summed E-state index contributed by atoms with van der Waals surface area (Å²) in [5.41, 5.74) is -1.11. The van der Waals surface area contributed by atoms with Gasteiger partial charge in [0.25, 0.3) is 5.91 Å². The molecule has 1 rings (SSSR count). The summed E-state index contributed by atoms with van der Waals surface area (Å²) >= 11 is 0. The van der Waals surface area contributed by atoms with E-state index < -0.39 is 17.6 Å². The molecule has 0 aromatic heterocycles. The molecule has 0 saturated carbocycles. The number of halogens is 3. The zero-order chi connectivity index (χ0) is 16.0. The molecule has 0 saturated heterocycles. The number of carbonyl (C=O) groups excluding carboxylic acids is 1. The summed E-state index contributed by atoms with van der Waals surface area (Å²) in [5.74, 6) is -0.476. The highest BCUT2D eigenvalue weighted by atomic mass is 19.4. The van der Waals surface area contributed by atoms with E-state index in [1.807, 2.05) is 6.92 Å². The number of rotatable bonds is 6. The average molecular weight is 304 g/mol. The molecule has 1 aromatic carbocycles. The smallest absolute Gasteiger partial charge is 0.387 e. The quantitative estimate of drug-likeness (QED) is 0.849. The third kappa shape index (κ3) is 4.63. The fraction of sp³-hybridized carbons (Fsp3) is 0.500. The van der Waals surface area contributed by atoms with Crippen molar-refractivity contribution in [3.63, 3.8) is 0 Å². The number of carbonyl (C=O) groups is 1.